The van der Waals surface area contributed by atoms with E-state index in [2.05, 4.69) is 22.5 Å². The largest absolute Gasteiger partial charge is 0.277 e. The highest BCUT2D eigenvalue weighted by Gasteiger charge is 2.13. The highest BCUT2D eigenvalue weighted by molar-refractivity contribution is 9.10. The molecule has 2 aromatic carbocycles. The smallest absolute Gasteiger partial charge is 0.258 e. The molecule has 0 saturated heterocycles. The van der Waals surface area contributed by atoms with E-state index in [0.29, 0.717) is 5.39 Å². The van der Waals surface area contributed by atoms with Crippen LogP contribution in [0.3, 0.4) is 0 Å². The summed E-state index contributed by atoms with van der Waals surface area (Å²) >= 11 is 3.39. The zero-order valence-electron chi connectivity index (χ0n) is 8.31. The van der Waals surface area contributed by atoms with E-state index in [-0.39, 0.29) is 10.6 Å². The van der Waals surface area contributed by atoms with Crippen molar-refractivity contribution in [3.8, 4) is 0 Å². The first-order chi connectivity index (χ1) is 7.63. The van der Waals surface area contributed by atoms with Crippen LogP contribution in [-0.2, 0) is 0 Å². The molecule has 0 fully saturated rings. The fraction of sp³-hybridized carbons (Fsp3) is 0. The summed E-state index contributed by atoms with van der Waals surface area (Å²) in [7, 11) is 0. The molecule has 80 valence electrons. The first kappa shape index (κ1) is 10.8. The fourth-order valence-corrected chi connectivity index (χ4v) is 2.06. The molecule has 2 rings (SSSR count). The van der Waals surface area contributed by atoms with Crippen molar-refractivity contribution in [1.29, 1.82) is 0 Å². The minimum absolute atomic E-state index is 0.119. The minimum atomic E-state index is -0.373. The molecule has 0 spiro atoms. The molecule has 0 aromatic heterocycles. The first-order valence-corrected chi connectivity index (χ1v) is 5.42. The summed E-state index contributed by atoms with van der Waals surface area (Å²) in [5.74, 6) is 0. The van der Waals surface area contributed by atoms with Crippen LogP contribution in [0.4, 0.5) is 5.69 Å². The molecule has 0 radical (unpaired) electrons. The lowest BCUT2D eigenvalue weighted by Gasteiger charge is -2.03. The highest BCUT2D eigenvalue weighted by atomic mass is 79.9. The zero-order valence-corrected chi connectivity index (χ0v) is 9.90. The summed E-state index contributed by atoms with van der Waals surface area (Å²) in [5, 5.41) is 12.3. The van der Waals surface area contributed by atoms with Crippen LogP contribution in [0.1, 0.15) is 5.56 Å². The fourth-order valence-electron chi connectivity index (χ4n) is 1.60. The van der Waals surface area contributed by atoms with Crippen molar-refractivity contribution in [3.63, 3.8) is 0 Å². The third kappa shape index (κ3) is 1.72. The Balaban J connectivity index is 2.85. The van der Waals surface area contributed by atoms with Gasteiger partial charge in [-0.3, -0.25) is 10.1 Å². The number of halogens is 1. The van der Waals surface area contributed by atoms with E-state index in [1.54, 1.807) is 18.2 Å². The Kier molecular flexibility index (Phi) is 2.75. The maximum absolute atomic E-state index is 10.9. The Bertz CT molecular complexity index is 593. The lowest BCUT2D eigenvalue weighted by atomic mass is 10.1. The number of hydrogen-bond donors (Lipinski definition) is 0. The van der Waals surface area contributed by atoms with Crippen LogP contribution in [-0.4, -0.2) is 4.92 Å². The van der Waals surface area contributed by atoms with Gasteiger partial charge in [-0.1, -0.05) is 34.7 Å². The van der Waals surface area contributed by atoms with Crippen LogP contribution in [0.15, 0.2) is 41.4 Å². The molecule has 0 heterocycles. The van der Waals surface area contributed by atoms with Crippen molar-refractivity contribution in [2.75, 3.05) is 0 Å². The topological polar surface area (TPSA) is 43.1 Å². The number of fused-ring (bicyclic) bond motifs is 1. The number of non-ortho nitro benzene ring substituents is 1. The normalized spacial score (nSPS) is 10.3. The molecule has 0 unspecified atom stereocenters. The van der Waals surface area contributed by atoms with E-state index >= 15 is 0 Å². The molecular weight excluding hydrogens is 270 g/mol. The van der Waals surface area contributed by atoms with E-state index in [1.807, 2.05) is 12.1 Å². The summed E-state index contributed by atoms with van der Waals surface area (Å²) in [6.07, 6.45) is 1.71. The third-order valence-corrected chi connectivity index (χ3v) is 3.09. The highest BCUT2D eigenvalue weighted by Crippen LogP contribution is 2.32. The van der Waals surface area contributed by atoms with Crippen molar-refractivity contribution in [2.45, 2.75) is 0 Å². The maximum Gasteiger partial charge on any atom is 0.277 e. The number of nitro groups is 1. The van der Waals surface area contributed by atoms with Crippen molar-refractivity contribution in [1.82, 2.24) is 0 Å². The van der Waals surface area contributed by atoms with E-state index in [1.165, 1.54) is 6.07 Å². The Morgan fingerprint density at radius 2 is 2.00 bits per heavy atom. The van der Waals surface area contributed by atoms with Gasteiger partial charge in [0, 0.05) is 15.9 Å². The van der Waals surface area contributed by atoms with Gasteiger partial charge in [0.1, 0.15) is 0 Å². The summed E-state index contributed by atoms with van der Waals surface area (Å²) in [6, 6.07) is 8.62. The number of benzene rings is 2. The van der Waals surface area contributed by atoms with Crippen LogP contribution in [0, 0.1) is 10.1 Å². The van der Waals surface area contributed by atoms with Crippen LogP contribution in [0.2, 0.25) is 0 Å². The van der Waals surface area contributed by atoms with Crippen molar-refractivity contribution >= 4 is 38.5 Å². The lowest BCUT2D eigenvalue weighted by molar-refractivity contribution is -0.383. The van der Waals surface area contributed by atoms with E-state index in [0.717, 1.165) is 15.4 Å². The number of nitro benzene ring substituents is 1. The predicted octanol–water partition coefficient (Wildman–Crippen LogP) is 4.15. The SMILES string of the molecule is C=Cc1ccc2c([N+](=O)[O-])ccc(Br)c2c1. The standard InChI is InChI=1S/C12H8BrNO2/c1-2-8-3-4-9-10(7-8)11(13)5-6-12(9)14(15)16/h2-7H,1H2. The lowest BCUT2D eigenvalue weighted by Crippen LogP contribution is -1.90. The molecule has 0 N–H and O–H groups in total. The van der Waals surface area contributed by atoms with Gasteiger partial charge in [-0.05, 0) is 23.8 Å². The Hall–Kier alpha value is -1.68. The van der Waals surface area contributed by atoms with Gasteiger partial charge in [0.25, 0.3) is 5.69 Å². The molecule has 0 aliphatic heterocycles. The third-order valence-electron chi connectivity index (χ3n) is 2.40. The maximum atomic E-state index is 10.9. The van der Waals surface area contributed by atoms with Gasteiger partial charge < -0.3 is 0 Å². The van der Waals surface area contributed by atoms with Crippen LogP contribution in [0.25, 0.3) is 16.8 Å². The quantitative estimate of drug-likeness (QED) is 0.611. The van der Waals surface area contributed by atoms with E-state index in [9.17, 15) is 10.1 Å². The average Bonchev–Trinajstić information content (AvgIpc) is 2.29. The monoisotopic (exact) mass is 277 g/mol. The zero-order chi connectivity index (χ0) is 11.7. The summed E-state index contributed by atoms with van der Waals surface area (Å²) in [5.41, 5.74) is 1.06. The van der Waals surface area contributed by atoms with Crippen molar-refractivity contribution in [3.05, 3.63) is 57.1 Å². The van der Waals surface area contributed by atoms with Gasteiger partial charge in [-0.15, -0.1) is 0 Å². The Labute approximate surface area is 101 Å². The van der Waals surface area contributed by atoms with Gasteiger partial charge in [0.2, 0.25) is 0 Å². The average molecular weight is 278 g/mol. The summed E-state index contributed by atoms with van der Waals surface area (Å²) < 4.78 is 0.844. The first-order valence-electron chi connectivity index (χ1n) is 4.62. The second kappa shape index (κ2) is 4.06. The van der Waals surface area contributed by atoms with Gasteiger partial charge in [0.05, 0.1) is 10.3 Å². The number of rotatable bonds is 2. The summed E-state index contributed by atoms with van der Waals surface area (Å²) in [6.45, 7) is 3.68. The molecule has 0 aliphatic carbocycles. The predicted molar refractivity (Wildman–Crippen MR) is 68.4 cm³/mol. The van der Waals surface area contributed by atoms with Crippen LogP contribution < -0.4 is 0 Å². The molecule has 0 aliphatic rings. The Morgan fingerprint density at radius 3 is 2.62 bits per heavy atom. The molecule has 3 nitrogen and oxygen atoms in total. The molecule has 2 aromatic rings. The summed E-state index contributed by atoms with van der Waals surface area (Å²) in [4.78, 5) is 10.5. The van der Waals surface area contributed by atoms with Gasteiger partial charge >= 0.3 is 0 Å². The van der Waals surface area contributed by atoms with Gasteiger partial charge in [0.15, 0.2) is 0 Å². The van der Waals surface area contributed by atoms with Crippen molar-refractivity contribution in [2.24, 2.45) is 0 Å². The van der Waals surface area contributed by atoms with E-state index in [4.69, 9.17) is 0 Å². The van der Waals surface area contributed by atoms with Crippen LogP contribution >= 0.6 is 15.9 Å². The second-order valence-corrected chi connectivity index (χ2v) is 4.19. The Morgan fingerprint density at radius 1 is 1.25 bits per heavy atom. The molecule has 0 saturated carbocycles. The molecule has 0 amide bonds. The number of nitrogens with zero attached hydrogens (tertiary/aromatic N) is 1. The molecule has 4 heteroatoms. The molecule has 0 atom stereocenters. The van der Waals surface area contributed by atoms with Gasteiger partial charge in [-0.25, -0.2) is 0 Å². The van der Waals surface area contributed by atoms with Crippen LogP contribution in [0.5, 0.6) is 0 Å². The van der Waals surface area contributed by atoms with E-state index < -0.39 is 0 Å². The molecular formula is C12H8BrNO2. The molecule has 0 bridgehead atoms. The van der Waals surface area contributed by atoms with Gasteiger partial charge in [-0.2, -0.15) is 0 Å². The molecule has 16 heavy (non-hydrogen) atoms. The number of hydrogen-bond acceptors (Lipinski definition) is 2. The second-order valence-electron chi connectivity index (χ2n) is 3.33. The van der Waals surface area contributed by atoms with Crippen molar-refractivity contribution < 1.29 is 4.92 Å². The minimum Gasteiger partial charge on any atom is -0.258 e.